The zero-order valence-corrected chi connectivity index (χ0v) is 7.63. The molecular weight excluding hydrogens is 194 g/mol. The quantitative estimate of drug-likeness (QED) is 0.532. The maximum absolute atomic E-state index is 11.1. The summed E-state index contributed by atoms with van der Waals surface area (Å²) in [5.74, 6) is -0.866. The number of phenols is 1. The number of carbonyl (C=O) groups is 1. The van der Waals surface area contributed by atoms with Crippen LogP contribution in [0.2, 0.25) is 5.02 Å². The van der Waals surface area contributed by atoms with Crippen LogP contribution in [-0.4, -0.2) is 18.2 Å². The molecule has 0 aliphatic rings. The normalized spacial score (nSPS) is 9.69. The number of hydrogen-bond acceptors (Lipinski definition) is 4. The first-order valence-electron chi connectivity index (χ1n) is 3.42. The molecule has 0 unspecified atom stereocenters. The Morgan fingerprint density at radius 3 is 2.77 bits per heavy atom. The van der Waals surface area contributed by atoms with E-state index in [9.17, 15) is 9.90 Å². The van der Waals surface area contributed by atoms with Crippen LogP contribution < -0.4 is 5.73 Å². The molecule has 0 aliphatic carbocycles. The summed E-state index contributed by atoms with van der Waals surface area (Å²) >= 11 is 5.63. The van der Waals surface area contributed by atoms with Crippen molar-refractivity contribution in [2.45, 2.75) is 0 Å². The molecule has 13 heavy (non-hydrogen) atoms. The van der Waals surface area contributed by atoms with Crippen molar-refractivity contribution in [1.29, 1.82) is 0 Å². The SMILES string of the molecule is COC(=O)c1cc(N)cc(O)c1Cl. The Morgan fingerprint density at radius 2 is 2.23 bits per heavy atom. The van der Waals surface area contributed by atoms with Gasteiger partial charge in [0.2, 0.25) is 0 Å². The van der Waals surface area contributed by atoms with Crippen LogP contribution in [0, 0.1) is 0 Å². The van der Waals surface area contributed by atoms with Gasteiger partial charge in [-0.15, -0.1) is 0 Å². The summed E-state index contributed by atoms with van der Waals surface area (Å²) in [6, 6.07) is 2.60. The second-order valence-electron chi connectivity index (χ2n) is 2.39. The number of rotatable bonds is 1. The molecule has 0 saturated heterocycles. The number of carbonyl (C=O) groups excluding carboxylic acids is 1. The molecule has 0 atom stereocenters. The molecule has 0 radical (unpaired) electrons. The monoisotopic (exact) mass is 201 g/mol. The van der Waals surface area contributed by atoms with Crippen molar-refractivity contribution in [3.8, 4) is 5.75 Å². The van der Waals surface area contributed by atoms with Gasteiger partial charge in [-0.25, -0.2) is 4.79 Å². The van der Waals surface area contributed by atoms with Gasteiger partial charge >= 0.3 is 5.97 Å². The van der Waals surface area contributed by atoms with Crippen LogP contribution in [0.25, 0.3) is 0 Å². The van der Waals surface area contributed by atoms with Crippen LogP contribution >= 0.6 is 11.6 Å². The van der Waals surface area contributed by atoms with E-state index in [1.165, 1.54) is 19.2 Å². The molecule has 1 aromatic carbocycles. The Kier molecular flexibility index (Phi) is 2.63. The minimum atomic E-state index is -0.632. The number of nitrogens with two attached hydrogens (primary N) is 1. The summed E-state index contributed by atoms with van der Waals surface area (Å²) in [4.78, 5) is 11.1. The average Bonchev–Trinajstić information content (AvgIpc) is 2.10. The number of esters is 1. The smallest absolute Gasteiger partial charge is 0.339 e. The zero-order valence-electron chi connectivity index (χ0n) is 6.87. The molecule has 0 fully saturated rings. The summed E-state index contributed by atoms with van der Waals surface area (Å²) in [5, 5.41) is 9.15. The van der Waals surface area contributed by atoms with E-state index in [2.05, 4.69) is 4.74 Å². The Balaban J connectivity index is 3.28. The molecule has 0 spiro atoms. The van der Waals surface area contributed by atoms with Crippen molar-refractivity contribution >= 4 is 23.3 Å². The van der Waals surface area contributed by atoms with E-state index in [0.717, 1.165) is 0 Å². The number of ether oxygens (including phenoxy) is 1. The van der Waals surface area contributed by atoms with Crippen LogP contribution in [0.5, 0.6) is 5.75 Å². The van der Waals surface area contributed by atoms with Crippen molar-refractivity contribution in [1.82, 2.24) is 0 Å². The van der Waals surface area contributed by atoms with Gasteiger partial charge in [-0.05, 0) is 6.07 Å². The number of aromatic hydroxyl groups is 1. The lowest BCUT2D eigenvalue weighted by molar-refractivity contribution is 0.0600. The first-order chi connectivity index (χ1) is 6.06. The topological polar surface area (TPSA) is 72.5 Å². The van der Waals surface area contributed by atoms with Crippen LogP contribution in [0.3, 0.4) is 0 Å². The summed E-state index contributed by atoms with van der Waals surface area (Å²) < 4.78 is 4.44. The Hall–Kier alpha value is -1.42. The van der Waals surface area contributed by atoms with Gasteiger partial charge < -0.3 is 15.6 Å². The van der Waals surface area contributed by atoms with Gasteiger partial charge in [0.1, 0.15) is 5.75 Å². The van der Waals surface area contributed by atoms with Crippen molar-refractivity contribution in [2.75, 3.05) is 12.8 Å². The second kappa shape index (κ2) is 3.53. The van der Waals surface area contributed by atoms with Gasteiger partial charge in [0, 0.05) is 11.8 Å². The fraction of sp³-hybridized carbons (Fsp3) is 0.125. The molecule has 0 heterocycles. The summed E-state index contributed by atoms with van der Waals surface area (Å²) in [6.45, 7) is 0. The lowest BCUT2D eigenvalue weighted by Gasteiger charge is -2.04. The summed E-state index contributed by atoms with van der Waals surface area (Å²) in [6.07, 6.45) is 0. The molecule has 5 heteroatoms. The van der Waals surface area contributed by atoms with Gasteiger partial charge in [0.25, 0.3) is 0 Å². The Morgan fingerprint density at radius 1 is 1.62 bits per heavy atom. The number of nitrogen functional groups attached to an aromatic ring is 1. The molecule has 1 aromatic rings. The number of benzene rings is 1. The average molecular weight is 202 g/mol. The van der Waals surface area contributed by atoms with Crippen molar-refractivity contribution in [3.63, 3.8) is 0 Å². The number of halogens is 1. The summed E-state index contributed by atoms with van der Waals surface area (Å²) in [5.41, 5.74) is 5.70. The highest BCUT2D eigenvalue weighted by molar-refractivity contribution is 6.35. The van der Waals surface area contributed by atoms with E-state index in [1.807, 2.05) is 0 Å². The lowest BCUT2D eigenvalue weighted by atomic mass is 10.2. The van der Waals surface area contributed by atoms with Crippen LogP contribution in [0.15, 0.2) is 12.1 Å². The maximum atomic E-state index is 11.1. The van der Waals surface area contributed by atoms with E-state index in [1.54, 1.807) is 0 Å². The third-order valence-electron chi connectivity index (χ3n) is 1.48. The van der Waals surface area contributed by atoms with Gasteiger partial charge in [0.15, 0.2) is 0 Å². The highest BCUT2D eigenvalue weighted by Crippen LogP contribution is 2.30. The van der Waals surface area contributed by atoms with Crippen LogP contribution in [0.4, 0.5) is 5.69 Å². The highest BCUT2D eigenvalue weighted by Gasteiger charge is 2.14. The maximum Gasteiger partial charge on any atom is 0.339 e. The first-order valence-corrected chi connectivity index (χ1v) is 3.80. The molecular formula is C8H8ClNO3. The molecule has 0 aromatic heterocycles. The number of anilines is 1. The van der Waals surface area contributed by atoms with E-state index in [0.29, 0.717) is 0 Å². The highest BCUT2D eigenvalue weighted by atomic mass is 35.5. The predicted molar refractivity (Wildman–Crippen MR) is 48.9 cm³/mol. The largest absolute Gasteiger partial charge is 0.506 e. The van der Waals surface area contributed by atoms with E-state index in [4.69, 9.17) is 17.3 Å². The van der Waals surface area contributed by atoms with Crippen LogP contribution in [0.1, 0.15) is 10.4 Å². The van der Waals surface area contributed by atoms with Crippen molar-refractivity contribution < 1.29 is 14.6 Å². The van der Waals surface area contributed by atoms with Gasteiger partial charge in [0.05, 0.1) is 17.7 Å². The summed E-state index contributed by atoms with van der Waals surface area (Å²) in [7, 11) is 1.22. The molecule has 0 amide bonds. The van der Waals surface area contributed by atoms with Crippen molar-refractivity contribution in [2.24, 2.45) is 0 Å². The Labute approximate surface area is 79.9 Å². The molecule has 0 aliphatic heterocycles. The third kappa shape index (κ3) is 1.84. The van der Waals surface area contributed by atoms with Gasteiger partial charge in [-0.2, -0.15) is 0 Å². The molecule has 0 saturated carbocycles. The predicted octanol–water partition coefficient (Wildman–Crippen LogP) is 1.41. The molecule has 1 rings (SSSR count). The number of methoxy groups -OCH3 is 1. The molecule has 4 nitrogen and oxygen atoms in total. The third-order valence-corrected chi connectivity index (χ3v) is 1.88. The fourth-order valence-corrected chi connectivity index (χ4v) is 1.08. The zero-order chi connectivity index (χ0) is 10.0. The van der Waals surface area contributed by atoms with Gasteiger partial charge in [-0.3, -0.25) is 0 Å². The number of hydrogen-bond donors (Lipinski definition) is 2. The van der Waals surface area contributed by atoms with E-state index >= 15 is 0 Å². The molecule has 0 bridgehead atoms. The Bertz CT molecular complexity index is 351. The fourth-order valence-electron chi connectivity index (χ4n) is 0.889. The van der Waals surface area contributed by atoms with Gasteiger partial charge in [-0.1, -0.05) is 11.6 Å². The van der Waals surface area contributed by atoms with E-state index < -0.39 is 5.97 Å². The lowest BCUT2D eigenvalue weighted by Crippen LogP contribution is -2.03. The van der Waals surface area contributed by atoms with E-state index in [-0.39, 0.29) is 22.0 Å². The van der Waals surface area contributed by atoms with Crippen LogP contribution in [-0.2, 0) is 4.74 Å². The molecule has 3 N–H and O–H groups in total. The minimum Gasteiger partial charge on any atom is -0.506 e. The minimum absolute atomic E-state index is 0.0546. The standard InChI is InChI=1S/C8H8ClNO3/c1-13-8(12)5-2-4(10)3-6(11)7(5)9/h2-3,11H,10H2,1H3. The first kappa shape index (κ1) is 9.67. The number of phenolic OH excluding ortho intramolecular Hbond substituents is 1. The second-order valence-corrected chi connectivity index (χ2v) is 2.77. The molecule has 70 valence electrons. The van der Waals surface area contributed by atoms with Crippen molar-refractivity contribution in [3.05, 3.63) is 22.7 Å².